The lowest BCUT2D eigenvalue weighted by molar-refractivity contribution is -0.116. The Morgan fingerprint density at radius 1 is 1.26 bits per heavy atom. The predicted molar refractivity (Wildman–Crippen MR) is 112 cm³/mol. The van der Waals surface area contributed by atoms with E-state index in [0.29, 0.717) is 21.8 Å². The SMILES string of the molecule is CC(C)CSc1nnc(NC(=O)[C@H](C)N(c2ccc(Cl)cc2)S(C)(=O)=O)s1. The Hall–Kier alpha value is -1.36. The van der Waals surface area contributed by atoms with Gasteiger partial charge < -0.3 is 0 Å². The summed E-state index contributed by atoms with van der Waals surface area (Å²) in [7, 11) is -3.69. The van der Waals surface area contributed by atoms with Crippen molar-refractivity contribution < 1.29 is 13.2 Å². The van der Waals surface area contributed by atoms with Gasteiger partial charge in [0.1, 0.15) is 6.04 Å². The average molecular weight is 449 g/mol. The number of amides is 1. The molecule has 0 radical (unpaired) electrons. The number of anilines is 2. The number of nitrogens with one attached hydrogen (secondary N) is 1. The molecule has 0 saturated heterocycles. The summed E-state index contributed by atoms with van der Waals surface area (Å²) >= 11 is 8.69. The van der Waals surface area contributed by atoms with Crippen LogP contribution in [0.3, 0.4) is 0 Å². The number of sulfonamides is 1. The van der Waals surface area contributed by atoms with E-state index in [1.165, 1.54) is 18.3 Å². The van der Waals surface area contributed by atoms with Crippen molar-refractivity contribution in [2.75, 3.05) is 21.6 Å². The van der Waals surface area contributed by atoms with Crippen molar-refractivity contribution in [1.82, 2.24) is 10.2 Å². The summed E-state index contributed by atoms with van der Waals surface area (Å²) in [5, 5.41) is 11.4. The highest BCUT2D eigenvalue weighted by Gasteiger charge is 2.29. The standard InChI is InChI=1S/C16H21ClN4O3S3/c1-10(2)9-25-16-20-19-15(26-16)18-14(22)11(3)21(27(4,23)24)13-7-5-12(17)6-8-13/h5-8,10-11H,9H2,1-4H3,(H,18,19,22)/t11-/m0/s1. The van der Waals surface area contributed by atoms with Crippen LogP contribution in [0.15, 0.2) is 28.6 Å². The van der Waals surface area contributed by atoms with Crippen LogP contribution in [0.4, 0.5) is 10.8 Å². The number of halogens is 1. The fourth-order valence-electron chi connectivity index (χ4n) is 2.16. The molecule has 0 saturated carbocycles. The van der Waals surface area contributed by atoms with Crippen LogP contribution in [0, 0.1) is 5.92 Å². The lowest BCUT2D eigenvalue weighted by atomic mass is 10.2. The highest BCUT2D eigenvalue weighted by Crippen LogP contribution is 2.28. The molecule has 0 fully saturated rings. The summed E-state index contributed by atoms with van der Waals surface area (Å²) in [6.45, 7) is 5.73. The van der Waals surface area contributed by atoms with E-state index < -0.39 is 22.0 Å². The Balaban J connectivity index is 2.14. The van der Waals surface area contributed by atoms with E-state index in [-0.39, 0.29) is 0 Å². The summed E-state index contributed by atoms with van der Waals surface area (Å²) in [4.78, 5) is 12.6. The summed E-state index contributed by atoms with van der Waals surface area (Å²) < 4.78 is 26.3. The average Bonchev–Trinajstić information content (AvgIpc) is 3.01. The number of thioether (sulfide) groups is 1. The lowest BCUT2D eigenvalue weighted by Gasteiger charge is -2.27. The Bertz CT molecular complexity index is 885. The van der Waals surface area contributed by atoms with Gasteiger partial charge in [-0.2, -0.15) is 0 Å². The van der Waals surface area contributed by atoms with Crippen LogP contribution in [-0.2, 0) is 14.8 Å². The topological polar surface area (TPSA) is 92.3 Å². The van der Waals surface area contributed by atoms with Gasteiger partial charge in [0, 0.05) is 10.8 Å². The predicted octanol–water partition coefficient (Wildman–Crippen LogP) is 3.73. The number of rotatable bonds is 8. The molecular weight excluding hydrogens is 428 g/mol. The molecular formula is C16H21ClN4O3S3. The lowest BCUT2D eigenvalue weighted by Crippen LogP contribution is -2.45. The maximum Gasteiger partial charge on any atom is 0.249 e. The van der Waals surface area contributed by atoms with Gasteiger partial charge in [-0.15, -0.1) is 10.2 Å². The molecule has 1 atom stereocenters. The van der Waals surface area contributed by atoms with E-state index in [9.17, 15) is 13.2 Å². The largest absolute Gasteiger partial charge is 0.299 e. The third-order valence-electron chi connectivity index (χ3n) is 3.35. The molecule has 0 aliphatic rings. The zero-order valence-corrected chi connectivity index (χ0v) is 18.5. The zero-order valence-electron chi connectivity index (χ0n) is 15.3. The van der Waals surface area contributed by atoms with Crippen molar-refractivity contribution in [3.8, 4) is 0 Å². The van der Waals surface area contributed by atoms with Crippen molar-refractivity contribution in [1.29, 1.82) is 0 Å². The molecule has 2 rings (SSSR count). The van der Waals surface area contributed by atoms with Gasteiger partial charge in [-0.25, -0.2) is 8.42 Å². The van der Waals surface area contributed by atoms with Crippen LogP contribution in [0.25, 0.3) is 0 Å². The molecule has 1 aromatic heterocycles. The van der Waals surface area contributed by atoms with Crippen LogP contribution in [-0.4, -0.2) is 42.6 Å². The van der Waals surface area contributed by atoms with E-state index in [1.807, 2.05) is 0 Å². The Morgan fingerprint density at radius 2 is 1.89 bits per heavy atom. The number of carbonyl (C=O) groups is 1. The highest BCUT2D eigenvalue weighted by atomic mass is 35.5. The number of hydrogen-bond acceptors (Lipinski definition) is 7. The minimum atomic E-state index is -3.69. The van der Waals surface area contributed by atoms with Crippen LogP contribution in [0.1, 0.15) is 20.8 Å². The van der Waals surface area contributed by atoms with Crippen molar-refractivity contribution in [2.24, 2.45) is 5.92 Å². The maximum absolute atomic E-state index is 12.6. The second-order valence-corrected chi connectivity index (χ2v) is 10.8. The van der Waals surface area contributed by atoms with Crippen molar-refractivity contribution in [3.05, 3.63) is 29.3 Å². The number of aromatic nitrogens is 2. The monoisotopic (exact) mass is 448 g/mol. The molecule has 0 unspecified atom stereocenters. The third-order valence-corrected chi connectivity index (χ3v) is 7.24. The minimum absolute atomic E-state index is 0.336. The van der Waals surface area contributed by atoms with Crippen LogP contribution in [0.2, 0.25) is 5.02 Å². The first-order chi connectivity index (χ1) is 12.6. The van der Waals surface area contributed by atoms with Gasteiger partial charge in [-0.1, -0.05) is 48.5 Å². The third kappa shape index (κ3) is 6.34. The van der Waals surface area contributed by atoms with Gasteiger partial charge in [0.25, 0.3) is 0 Å². The van der Waals surface area contributed by atoms with Crippen LogP contribution < -0.4 is 9.62 Å². The van der Waals surface area contributed by atoms with E-state index >= 15 is 0 Å². The van der Waals surface area contributed by atoms with Gasteiger partial charge in [0.05, 0.1) is 11.9 Å². The zero-order chi connectivity index (χ0) is 20.2. The molecule has 0 aliphatic heterocycles. The van der Waals surface area contributed by atoms with Crippen molar-refractivity contribution in [3.63, 3.8) is 0 Å². The van der Waals surface area contributed by atoms with Gasteiger partial charge in [-0.3, -0.25) is 14.4 Å². The van der Waals surface area contributed by atoms with E-state index in [4.69, 9.17) is 11.6 Å². The van der Waals surface area contributed by atoms with E-state index in [1.54, 1.807) is 36.0 Å². The van der Waals surface area contributed by atoms with Gasteiger partial charge in [0.2, 0.25) is 21.1 Å². The second kappa shape index (κ2) is 9.22. The molecule has 0 spiro atoms. The molecule has 148 valence electrons. The molecule has 2 aromatic rings. The van der Waals surface area contributed by atoms with Gasteiger partial charge in [0.15, 0.2) is 4.34 Å². The summed E-state index contributed by atoms with van der Waals surface area (Å²) in [6.07, 6.45) is 1.05. The van der Waals surface area contributed by atoms with Crippen molar-refractivity contribution >= 4 is 61.4 Å². The van der Waals surface area contributed by atoms with Crippen LogP contribution >= 0.6 is 34.7 Å². The Labute approximate surface area is 172 Å². The first-order valence-corrected chi connectivity index (χ1v) is 12.1. The number of carbonyl (C=O) groups excluding carboxylic acids is 1. The van der Waals surface area contributed by atoms with E-state index in [0.717, 1.165) is 20.7 Å². The molecule has 27 heavy (non-hydrogen) atoms. The fraction of sp³-hybridized carbons (Fsp3) is 0.438. The van der Waals surface area contributed by atoms with Gasteiger partial charge in [-0.05, 0) is 37.1 Å². The first kappa shape index (κ1) is 21.9. The Kier molecular flexibility index (Phi) is 7.49. The molecule has 1 amide bonds. The second-order valence-electron chi connectivity index (χ2n) is 6.28. The normalized spacial score (nSPS) is 12.8. The summed E-state index contributed by atoms with van der Waals surface area (Å²) in [5.74, 6) is 0.920. The molecule has 1 N–H and O–H groups in total. The number of hydrogen-bond donors (Lipinski definition) is 1. The summed E-state index contributed by atoms with van der Waals surface area (Å²) in [6, 6.07) is 5.28. The molecule has 11 heteroatoms. The van der Waals surface area contributed by atoms with Gasteiger partial charge >= 0.3 is 0 Å². The maximum atomic E-state index is 12.6. The van der Waals surface area contributed by atoms with Crippen LogP contribution in [0.5, 0.6) is 0 Å². The number of nitrogens with zero attached hydrogens (tertiary/aromatic N) is 3. The molecule has 0 aliphatic carbocycles. The highest BCUT2D eigenvalue weighted by molar-refractivity contribution is 8.01. The molecule has 1 aromatic carbocycles. The van der Waals surface area contributed by atoms with Crippen molar-refractivity contribution in [2.45, 2.75) is 31.2 Å². The minimum Gasteiger partial charge on any atom is -0.299 e. The Morgan fingerprint density at radius 3 is 2.44 bits per heavy atom. The molecule has 7 nitrogen and oxygen atoms in total. The quantitative estimate of drug-likeness (QED) is 0.488. The summed E-state index contributed by atoms with van der Waals surface area (Å²) in [5.41, 5.74) is 0.356. The first-order valence-electron chi connectivity index (χ1n) is 8.10. The molecule has 1 heterocycles. The fourth-order valence-corrected chi connectivity index (χ4v) is 5.20. The van der Waals surface area contributed by atoms with E-state index in [2.05, 4.69) is 29.4 Å². The molecule has 0 bridgehead atoms. The number of benzene rings is 1. The smallest absolute Gasteiger partial charge is 0.249 e.